The van der Waals surface area contributed by atoms with Gasteiger partial charge in [-0.25, -0.2) is 4.98 Å². The van der Waals surface area contributed by atoms with Crippen molar-refractivity contribution in [1.29, 1.82) is 0 Å². The highest BCUT2D eigenvalue weighted by molar-refractivity contribution is 9.10. The fourth-order valence-electron chi connectivity index (χ4n) is 2.42. The van der Waals surface area contributed by atoms with Gasteiger partial charge in [-0.3, -0.25) is 4.79 Å². The molecule has 2 heterocycles. The quantitative estimate of drug-likeness (QED) is 0.855. The molecule has 7 heteroatoms. The fourth-order valence-corrected chi connectivity index (χ4v) is 2.65. The van der Waals surface area contributed by atoms with Crippen LogP contribution in [0.2, 0.25) is 0 Å². The normalized spacial score (nSPS) is 17.6. The molecule has 0 bridgehead atoms. The molecule has 1 aliphatic heterocycles. The van der Waals surface area contributed by atoms with Crippen LogP contribution in [0.15, 0.2) is 22.8 Å². The van der Waals surface area contributed by atoms with E-state index in [0.717, 1.165) is 29.8 Å². The second-order valence-electron chi connectivity index (χ2n) is 5.56. The molecule has 22 heavy (non-hydrogen) atoms. The Balaban J connectivity index is 0.00000242. The van der Waals surface area contributed by atoms with Crippen LogP contribution in [0.1, 0.15) is 20.3 Å². The van der Waals surface area contributed by atoms with Crippen molar-refractivity contribution in [3.05, 3.63) is 22.8 Å². The first-order chi connectivity index (χ1) is 10.0. The number of aromatic nitrogens is 1. The third-order valence-electron chi connectivity index (χ3n) is 4.17. The Hall–Kier alpha value is -0.850. The third-order valence-corrected chi connectivity index (χ3v) is 4.64. The molecule has 0 saturated carbocycles. The highest BCUT2D eigenvalue weighted by Crippen LogP contribution is 2.17. The van der Waals surface area contributed by atoms with E-state index in [2.05, 4.69) is 32.7 Å². The summed E-state index contributed by atoms with van der Waals surface area (Å²) in [7, 11) is 0. The molecule has 0 aromatic carbocycles. The van der Waals surface area contributed by atoms with Crippen LogP contribution in [-0.4, -0.2) is 48.0 Å². The van der Waals surface area contributed by atoms with Gasteiger partial charge < -0.3 is 15.5 Å². The monoisotopic (exact) mass is 390 g/mol. The SMILES string of the molecule is CCC(C)C(N)C(=O)N1CCN(c2ccc(Br)cn2)CC1.Cl. The maximum absolute atomic E-state index is 12.3. The van der Waals surface area contributed by atoms with Gasteiger partial charge in [0.25, 0.3) is 0 Å². The molecule has 2 unspecified atom stereocenters. The second kappa shape index (κ2) is 8.70. The lowest BCUT2D eigenvalue weighted by molar-refractivity contribution is -0.134. The number of hydrogen-bond donors (Lipinski definition) is 1. The van der Waals surface area contributed by atoms with Gasteiger partial charge in [-0.2, -0.15) is 0 Å². The largest absolute Gasteiger partial charge is 0.353 e. The Kier molecular flexibility index (Phi) is 7.59. The van der Waals surface area contributed by atoms with Gasteiger partial charge in [0.05, 0.1) is 6.04 Å². The molecule has 1 aliphatic rings. The molecular weight excluding hydrogens is 368 g/mol. The lowest BCUT2D eigenvalue weighted by Crippen LogP contribution is -2.54. The van der Waals surface area contributed by atoms with Crippen LogP contribution in [0.25, 0.3) is 0 Å². The Morgan fingerprint density at radius 3 is 2.50 bits per heavy atom. The predicted molar refractivity (Wildman–Crippen MR) is 95.4 cm³/mol. The van der Waals surface area contributed by atoms with E-state index in [1.54, 1.807) is 6.20 Å². The zero-order valence-electron chi connectivity index (χ0n) is 13.0. The number of carbonyl (C=O) groups is 1. The van der Waals surface area contributed by atoms with Gasteiger partial charge in [-0.1, -0.05) is 20.3 Å². The van der Waals surface area contributed by atoms with Crippen LogP contribution >= 0.6 is 28.3 Å². The van der Waals surface area contributed by atoms with Gasteiger partial charge in [0, 0.05) is 36.8 Å². The number of anilines is 1. The summed E-state index contributed by atoms with van der Waals surface area (Å²) < 4.78 is 0.972. The zero-order valence-corrected chi connectivity index (χ0v) is 15.4. The molecule has 5 nitrogen and oxygen atoms in total. The van der Waals surface area contributed by atoms with E-state index in [1.807, 2.05) is 24.0 Å². The number of halogens is 2. The summed E-state index contributed by atoms with van der Waals surface area (Å²) in [6, 6.07) is 3.60. The topological polar surface area (TPSA) is 62.5 Å². The summed E-state index contributed by atoms with van der Waals surface area (Å²) in [5.74, 6) is 1.26. The van der Waals surface area contributed by atoms with Gasteiger partial charge in [-0.15, -0.1) is 12.4 Å². The number of hydrogen-bond acceptors (Lipinski definition) is 4. The van der Waals surface area contributed by atoms with E-state index >= 15 is 0 Å². The number of rotatable bonds is 4. The summed E-state index contributed by atoms with van der Waals surface area (Å²) in [6.07, 6.45) is 2.72. The maximum atomic E-state index is 12.3. The van der Waals surface area contributed by atoms with Crippen LogP contribution in [0, 0.1) is 5.92 Å². The number of pyridine rings is 1. The van der Waals surface area contributed by atoms with E-state index in [4.69, 9.17) is 5.73 Å². The molecule has 2 atom stereocenters. The number of piperazine rings is 1. The molecule has 2 N–H and O–H groups in total. The van der Waals surface area contributed by atoms with Crippen molar-refractivity contribution >= 4 is 40.1 Å². The smallest absolute Gasteiger partial charge is 0.239 e. The average molecular weight is 392 g/mol. The van der Waals surface area contributed by atoms with E-state index in [0.29, 0.717) is 13.1 Å². The standard InChI is InChI=1S/C15H23BrN4O.ClH/c1-3-11(2)14(17)15(21)20-8-6-19(7-9-20)13-5-4-12(16)10-18-13;/h4-5,10-11,14H,3,6-9,17H2,1-2H3;1H. The van der Waals surface area contributed by atoms with Crippen molar-refractivity contribution in [3.8, 4) is 0 Å². The first-order valence-corrected chi connectivity index (χ1v) is 8.23. The van der Waals surface area contributed by atoms with Gasteiger partial charge in [-0.05, 0) is 34.0 Å². The Bertz CT molecular complexity index is 477. The molecule has 1 fully saturated rings. The van der Waals surface area contributed by atoms with Gasteiger partial charge in [0.1, 0.15) is 5.82 Å². The number of amides is 1. The van der Waals surface area contributed by atoms with Crippen molar-refractivity contribution in [1.82, 2.24) is 9.88 Å². The summed E-state index contributed by atoms with van der Waals surface area (Å²) in [5.41, 5.74) is 6.04. The van der Waals surface area contributed by atoms with Gasteiger partial charge >= 0.3 is 0 Å². The molecule has 0 radical (unpaired) electrons. The van der Waals surface area contributed by atoms with Gasteiger partial charge in [0.2, 0.25) is 5.91 Å². The van der Waals surface area contributed by atoms with Crippen LogP contribution in [0.3, 0.4) is 0 Å². The minimum absolute atomic E-state index is 0. The molecular formula is C15H24BrClN4O. The molecule has 0 spiro atoms. The molecule has 124 valence electrons. The van der Waals surface area contributed by atoms with Crippen LogP contribution in [0.4, 0.5) is 5.82 Å². The summed E-state index contributed by atoms with van der Waals surface area (Å²) in [5, 5.41) is 0. The fraction of sp³-hybridized carbons (Fsp3) is 0.600. The van der Waals surface area contributed by atoms with Crippen molar-refractivity contribution in [2.24, 2.45) is 11.7 Å². The Morgan fingerprint density at radius 1 is 1.36 bits per heavy atom. The highest BCUT2D eigenvalue weighted by atomic mass is 79.9. The third kappa shape index (κ3) is 4.57. The second-order valence-corrected chi connectivity index (χ2v) is 6.47. The number of nitrogens with two attached hydrogens (primary N) is 1. The molecule has 0 aliphatic carbocycles. The minimum Gasteiger partial charge on any atom is -0.353 e. The molecule has 1 aromatic rings. The summed E-state index contributed by atoms with van der Waals surface area (Å²) in [6.45, 7) is 7.11. The average Bonchev–Trinajstić information content (AvgIpc) is 2.53. The number of carbonyl (C=O) groups excluding carboxylic acids is 1. The van der Waals surface area contributed by atoms with Crippen LogP contribution in [0.5, 0.6) is 0 Å². The summed E-state index contributed by atoms with van der Waals surface area (Å²) >= 11 is 3.39. The minimum atomic E-state index is -0.382. The van der Waals surface area contributed by atoms with Crippen molar-refractivity contribution in [2.75, 3.05) is 31.1 Å². The van der Waals surface area contributed by atoms with E-state index in [1.165, 1.54) is 0 Å². The lowest BCUT2D eigenvalue weighted by Gasteiger charge is -2.37. The maximum Gasteiger partial charge on any atom is 0.239 e. The van der Waals surface area contributed by atoms with E-state index < -0.39 is 0 Å². The van der Waals surface area contributed by atoms with Crippen molar-refractivity contribution < 1.29 is 4.79 Å². The molecule has 1 amide bonds. The summed E-state index contributed by atoms with van der Waals surface area (Å²) in [4.78, 5) is 20.8. The van der Waals surface area contributed by atoms with E-state index in [9.17, 15) is 4.79 Å². The molecule has 2 rings (SSSR count). The lowest BCUT2D eigenvalue weighted by atomic mass is 9.98. The van der Waals surface area contributed by atoms with E-state index in [-0.39, 0.29) is 30.3 Å². The predicted octanol–water partition coefficient (Wildman–Crippen LogP) is 2.29. The Labute approximate surface area is 146 Å². The molecule has 1 saturated heterocycles. The van der Waals surface area contributed by atoms with Gasteiger partial charge in [0.15, 0.2) is 0 Å². The zero-order chi connectivity index (χ0) is 15.4. The van der Waals surface area contributed by atoms with Crippen LogP contribution in [-0.2, 0) is 4.79 Å². The Morgan fingerprint density at radius 2 is 2.00 bits per heavy atom. The first-order valence-electron chi connectivity index (χ1n) is 7.43. The van der Waals surface area contributed by atoms with Crippen molar-refractivity contribution in [3.63, 3.8) is 0 Å². The first kappa shape index (κ1) is 19.2. The highest BCUT2D eigenvalue weighted by Gasteiger charge is 2.28. The van der Waals surface area contributed by atoms with Crippen molar-refractivity contribution in [2.45, 2.75) is 26.3 Å². The molecule has 1 aromatic heterocycles. The number of nitrogens with zero attached hydrogens (tertiary/aromatic N) is 3. The van der Waals surface area contributed by atoms with Crippen LogP contribution < -0.4 is 10.6 Å².